The van der Waals surface area contributed by atoms with E-state index in [1.54, 1.807) is 4.90 Å². The van der Waals surface area contributed by atoms with Gasteiger partial charge in [0.15, 0.2) is 11.6 Å². The fourth-order valence-corrected chi connectivity index (χ4v) is 4.76. The zero-order valence-electron chi connectivity index (χ0n) is 19.5. The number of carbonyl (C=O) groups is 2. The second-order valence-corrected chi connectivity index (χ2v) is 9.43. The first kappa shape index (κ1) is 26.3. The topological polar surface area (TPSA) is 123 Å². The summed E-state index contributed by atoms with van der Waals surface area (Å²) in [5, 5.41) is 9.91. The van der Waals surface area contributed by atoms with E-state index in [1.165, 1.54) is 0 Å². The number of halogens is 2. The first-order valence-electron chi connectivity index (χ1n) is 11.5. The van der Waals surface area contributed by atoms with Crippen LogP contribution in [-0.2, 0) is 14.3 Å². The maximum Gasteiger partial charge on any atom is 0.243 e. The summed E-state index contributed by atoms with van der Waals surface area (Å²) < 4.78 is 21.0. The number of nitrogens with one attached hydrogen (secondary N) is 2. The predicted octanol–water partition coefficient (Wildman–Crippen LogP) is 1.52. The van der Waals surface area contributed by atoms with Gasteiger partial charge in [0.2, 0.25) is 23.4 Å². The summed E-state index contributed by atoms with van der Waals surface area (Å²) in [6.45, 7) is 1.72. The van der Waals surface area contributed by atoms with Gasteiger partial charge in [-0.15, -0.1) is 0 Å². The van der Waals surface area contributed by atoms with Gasteiger partial charge in [-0.1, -0.05) is 25.7 Å². The monoisotopic (exact) mass is 501 g/mol. The third-order valence-corrected chi connectivity index (χ3v) is 6.35. The van der Waals surface area contributed by atoms with E-state index in [0.29, 0.717) is 43.7 Å². The van der Waals surface area contributed by atoms with Gasteiger partial charge in [-0.2, -0.15) is 14.4 Å². The minimum Gasteiger partial charge on any atom is -0.377 e. The second kappa shape index (κ2) is 12.4. The normalized spacial score (nSPS) is 19.8. The summed E-state index contributed by atoms with van der Waals surface area (Å²) in [4.78, 5) is 35.5. The van der Waals surface area contributed by atoms with Gasteiger partial charge in [0.1, 0.15) is 0 Å². The van der Waals surface area contributed by atoms with Crippen LogP contribution in [-0.4, -0.2) is 90.4 Å². The molecular formula is C21H33ClFN7O4. The molecule has 2 aliphatic rings. The van der Waals surface area contributed by atoms with Gasteiger partial charge in [0.25, 0.3) is 0 Å². The second-order valence-electron chi connectivity index (χ2n) is 9.09. The molecule has 1 saturated heterocycles. The number of hydroxylamine groups is 2. The zero-order chi connectivity index (χ0) is 24.7. The molecule has 1 aliphatic carbocycles. The molecule has 0 bridgehead atoms. The predicted molar refractivity (Wildman–Crippen MR) is 124 cm³/mol. The highest BCUT2D eigenvalue weighted by Crippen LogP contribution is 2.31. The molecule has 3 N–H and O–H groups in total. The Hall–Kier alpha value is -2.28. The molecule has 0 radical (unpaired) electrons. The molecule has 2 heterocycles. The third kappa shape index (κ3) is 7.11. The van der Waals surface area contributed by atoms with E-state index < -0.39 is 17.6 Å². The molecule has 13 heteroatoms. The minimum atomic E-state index is -0.751. The summed E-state index contributed by atoms with van der Waals surface area (Å²) in [6.07, 6.45) is 4.95. The zero-order valence-corrected chi connectivity index (χ0v) is 20.3. The number of hydrazine groups is 1. The molecule has 2 fully saturated rings. The third-order valence-electron chi connectivity index (χ3n) is 6.18. The Morgan fingerprint density at radius 1 is 1.38 bits per heavy atom. The van der Waals surface area contributed by atoms with Crippen molar-refractivity contribution >= 4 is 35.6 Å². The Balaban J connectivity index is 1.73. The molecular weight excluding hydrogens is 469 g/mol. The van der Waals surface area contributed by atoms with Gasteiger partial charge in [0.05, 0.1) is 31.7 Å². The molecule has 11 nitrogen and oxygen atoms in total. The number of rotatable bonds is 11. The van der Waals surface area contributed by atoms with Crippen molar-refractivity contribution in [2.24, 2.45) is 11.8 Å². The average Bonchev–Trinajstić information content (AvgIpc) is 3.32. The van der Waals surface area contributed by atoms with Gasteiger partial charge in [0, 0.05) is 13.1 Å². The Labute approximate surface area is 203 Å². The molecule has 0 aromatic carbocycles. The Kier molecular flexibility index (Phi) is 9.63. The maximum absolute atomic E-state index is 15.4. The van der Waals surface area contributed by atoms with Crippen LogP contribution >= 0.6 is 11.6 Å². The van der Waals surface area contributed by atoms with Crippen molar-refractivity contribution in [2.45, 2.75) is 38.1 Å². The molecule has 34 heavy (non-hydrogen) atoms. The molecule has 3 rings (SSSR count). The number of hydrogen-bond donors (Lipinski definition) is 3. The van der Waals surface area contributed by atoms with Crippen LogP contribution in [0, 0.1) is 17.7 Å². The minimum absolute atomic E-state index is 0.0249. The number of nitrogens with zero attached hydrogens (tertiary/aromatic N) is 5. The van der Waals surface area contributed by atoms with Gasteiger partial charge in [-0.05, 0) is 38.0 Å². The van der Waals surface area contributed by atoms with Crippen molar-refractivity contribution < 1.29 is 23.9 Å². The van der Waals surface area contributed by atoms with E-state index in [-0.39, 0.29) is 35.9 Å². The van der Waals surface area contributed by atoms with Gasteiger partial charge in [-0.3, -0.25) is 25.6 Å². The highest BCUT2D eigenvalue weighted by Gasteiger charge is 2.30. The fourth-order valence-electron chi connectivity index (χ4n) is 4.59. The van der Waals surface area contributed by atoms with Crippen LogP contribution < -0.4 is 15.8 Å². The molecule has 1 aromatic heterocycles. The SMILES string of the molecule is CN(C)C[C@@H]1COCCN1c1nc(Cl)nc(NNC(=O)[C@H](CC2CCCC2)CN(O)C=O)c1F. The Morgan fingerprint density at radius 3 is 2.79 bits per heavy atom. The lowest BCUT2D eigenvalue weighted by molar-refractivity contribution is -0.154. The van der Waals surface area contributed by atoms with Crippen molar-refractivity contribution in [3.8, 4) is 0 Å². The summed E-state index contributed by atoms with van der Waals surface area (Å²) in [6, 6.07) is -0.138. The van der Waals surface area contributed by atoms with Crippen LogP contribution in [0.4, 0.5) is 16.0 Å². The number of aromatic nitrogens is 2. The molecule has 2 amide bonds. The van der Waals surface area contributed by atoms with E-state index in [2.05, 4.69) is 20.8 Å². The molecule has 1 aromatic rings. The lowest BCUT2D eigenvalue weighted by atomic mass is 9.92. The number of amides is 2. The number of hydrogen-bond acceptors (Lipinski definition) is 9. The van der Waals surface area contributed by atoms with Crippen molar-refractivity contribution in [2.75, 3.05) is 57.3 Å². The number of ether oxygens (including phenoxy) is 1. The van der Waals surface area contributed by atoms with E-state index in [1.807, 2.05) is 19.0 Å². The van der Waals surface area contributed by atoms with Gasteiger partial charge < -0.3 is 14.5 Å². The molecule has 1 saturated carbocycles. The molecule has 0 unspecified atom stereocenters. The summed E-state index contributed by atoms with van der Waals surface area (Å²) in [5.74, 6) is -1.82. The van der Waals surface area contributed by atoms with Gasteiger partial charge >= 0.3 is 0 Å². The molecule has 2 atom stereocenters. The van der Waals surface area contributed by atoms with Crippen molar-refractivity contribution in [1.29, 1.82) is 0 Å². The molecule has 190 valence electrons. The van der Waals surface area contributed by atoms with Crippen molar-refractivity contribution in [3.05, 3.63) is 11.1 Å². The fraction of sp³-hybridized carbons (Fsp3) is 0.714. The van der Waals surface area contributed by atoms with Crippen LogP contribution in [0.25, 0.3) is 0 Å². The standard InChI is InChI=1S/C21H33ClFN7O4/c1-28(2)11-16-12-34-8-7-30(16)19-17(23)18(24-21(22)25-19)26-27-20(32)15(10-29(33)13-31)9-14-5-3-4-6-14/h13-16,33H,3-12H2,1-2H3,(H,27,32)(H,24,25,26)/t15-,16-/m1/s1. The van der Waals surface area contributed by atoms with Crippen LogP contribution in [0.2, 0.25) is 5.28 Å². The molecule has 1 aliphatic heterocycles. The summed E-state index contributed by atoms with van der Waals surface area (Å²) >= 11 is 6.09. The van der Waals surface area contributed by atoms with E-state index in [0.717, 1.165) is 25.7 Å². The first-order valence-corrected chi connectivity index (χ1v) is 11.8. The summed E-state index contributed by atoms with van der Waals surface area (Å²) in [7, 11) is 3.83. The Bertz CT molecular complexity index is 844. The number of likely N-dealkylation sites (N-methyl/N-ethyl adjacent to an activating group) is 1. The molecule has 0 spiro atoms. The number of carbonyl (C=O) groups excluding carboxylic acids is 2. The lowest BCUT2D eigenvalue weighted by Crippen LogP contribution is -2.51. The van der Waals surface area contributed by atoms with E-state index in [4.69, 9.17) is 16.3 Å². The Morgan fingerprint density at radius 2 is 2.12 bits per heavy atom. The average molecular weight is 502 g/mol. The smallest absolute Gasteiger partial charge is 0.243 e. The van der Waals surface area contributed by atoms with E-state index in [9.17, 15) is 14.8 Å². The largest absolute Gasteiger partial charge is 0.377 e. The van der Waals surface area contributed by atoms with Crippen LogP contribution in [0.1, 0.15) is 32.1 Å². The highest BCUT2D eigenvalue weighted by atomic mass is 35.5. The van der Waals surface area contributed by atoms with Crippen molar-refractivity contribution in [3.63, 3.8) is 0 Å². The lowest BCUT2D eigenvalue weighted by Gasteiger charge is -2.38. The quantitative estimate of drug-likeness (QED) is 0.179. The number of anilines is 2. The highest BCUT2D eigenvalue weighted by molar-refractivity contribution is 6.28. The maximum atomic E-state index is 15.4. The van der Waals surface area contributed by atoms with Crippen molar-refractivity contribution in [1.82, 2.24) is 25.4 Å². The van der Waals surface area contributed by atoms with E-state index >= 15 is 4.39 Å². The summed E-state index contributed by atoms with van der Waals surface area (Å²) in [5.41, 5.74) is 4.98. The van der Waals surface area contributed by atoms with Gasteiger partial charge in [-0.25, -0.2) is 5.06 Å². The number of morpholine rings is 1. The first-order chi connectivity index (χ1) is 16.3. The van der Waals surface area contributed by atoms with Crippen LogP contribution in [0.15, 0.2) is 0 Å². The van der Waals surface area contributed by atoms with Crippen LogP contribution in [0.3, 0.4) is 0 Å². The van der Waals surface area contributed by atoms with Crippen LogP contribution in [0.5, 0.6) is 0 Å².